The number of alkyl halides is 3. The molecule has 4 nitrogen and oxygen atoms in total. The van der Waals surface area contributed by atoms with Gasteiger partial charge in [0.25, 0.3) is 0 Å². The van der Waals surface area contributed by atoms with E-state index in [1.807, 2.05) is 24.3 Å². The predicted octanol–water partition coefficient (Wildman–Crippen LogP) is 6.41. The maximum absolute atomic E-state index is 13.4. The molecule has 1 fully saturated rings. The van der Waals surface area contributed by atoms with E-state index in [0.29, 0.717) is 18.6 Å². The monoisotopic (exact) mass is 562 g/mol. The fourth-order valence-corrected chi connectivity index (χ4v) is 5.37. The lowest BCUT2D eigenvalue weighted by molar-refractivity contribution is -0.143. The first-order valence-electron chi connectivity index (χ1n) is 11.6. The number of halogens is 5. The van der Waals surface area contributed by atoms with Crippen molar-refractivity contribution in [3.63, 3.8) is 0 Å². The summed E-state index contributed by atoms with van der Waals surface area (Å²) >= 11 is 1.52. The summed E-state index contributed by atoms with van der Waals surface area (Å²) in [5.41, 5.74) is 1.92. The zero-order valence-electron chi connectivity index (χ0n) is 20.1. The van der Waals surface area contributed by atoms with Gasteiger partial charge in [0.15, 0.2) is 0 Å². The molecule has 0 aromatic heterocycles. The van der Waals surface area contributed by atoms with Crippen molar-refractivity contribution in [2.24, 2.45) is 0 Å². The number of benzene rings is 2. The van der Waals surface area contributed by atoms with Gasteiger partial charge in [0, 0.05) is 55.5 Å². The molecule has 2 aromatic rings. The van der Waals surface area contributed by atoms with Crippen molar-refractivity contribution in [1.82, 2.24) is 9.80 Å². The summed E-state index contributed by atoms with van der Waals surface area (Å²) < 4.78 is 45.3. The van der Waals surface area contributed by atoms with E-state index >= 15 is 0 Å². The fourth-order valence-electron chi connectivity index (χ4n) is 4.29. The first kappa shape index (κ1) is 30.5. The van der Waals surface area contributed by atoms with Gasteiger partial charge in [0.2, 0.25) is 0 Å². The second kappa shape index (κ2) is 13.7. The SMILES string of the molecule is CCC(=O)OCCN1CCN(CC/C=C2/c3ccccc3Sc3ccc(C(F)(F)F)cc32)CC1.Cl.Cl. The van der Waals surface area contributed by atoms with Crippen LogP contribution in [0.1, 0.15) is 36.5 Å². The molecule has 0 bridgehead atoms. The Morgan fingerprint density at radius 3 is 2.28 bits per heavy atom. The summed E-state index contributed by atoms with van der Waals surface area (Å²) in [6.45, 7) is 7.49. The average molecular weight is 564 g/mol. The zero-order chi connectivity index (χ0) is 24.1. The van der Waals surface area contributed by atoms with Crippen LogP contribution in [0, 0.1) is 0 Å². The Morgan fingerprint density at radius 2 is 1.61 bits per heavy atom. The molecule has 2 aliphatic rings. The molecule has 2 heterocycles. The maximum Gasteiger partial charge on any atom is 0.416 e. The lowest BCUT2D eigenvalue weighted by Crippen LogP contribution is -2.47. The van der Waals surface area contributed by atoms with E-state index < -0.39 is 11.7 Å². The number of nitrogens with zero attached hydrogens (tertiary/aromatic N) is 2. The summed E-state index contributed by atoms with van der Waals surface area (Å²) in [4.78, 5) is 17.9. The third-order valence-corrected chi connectivity index (χ3v) is 7.36. The van der Waals surface area contributed by atoms with Crippen LogP contribution in [0.25, 0.3) is 5.57 Å². The summed E-state index contributed by atoms with van der Waals surface area (Å²) in [5, 5.41) is 0. The Labute approximate surface area is 227 Å². The van der Waals surface area contributed by atoms with E-state index in [4.69, 9.17) is 4.74 Å². The van der Waals surface area contributed by atoms with Crippen LogP contribution in [-0.4, -0.2) is 61.6 Å². The predicted molar refractivity (Wildman–Crippen MR) is 142 cm³/mol. The molecule has 1 saturated heterocycles. The molecule has 0 radical (unpaired) electrons. The van der Waals surface area contributed by atoms with Crippen molar-refractivity contribution in [2.75, 3.05) is 45.9 Å². The molecular weight excluding hydrogens is 532 g/mol. The number of carbonyl (C=O) groups is 1. The van der Waals surface area contributed by atoms with Crippen molar-refractivity contribution in [1.29, 1.82) is 0 Å². The Bertz CT molecular complexity index is 1060. The highest BCUT2D eigenvalue weighted by molar-refractivity contribution is 7.99. The van der Waals surface area contributed by atoms with Crippen LogP contribution in [0.2, 0.25) is 0 Å². The van der Waals surface area contributed by atoms with Gasteiger partial charge in [0.05, 0.1) is 5.56 Å². The minimum atomic E-state index is -4.36. The molecule has 2 aliphatic heterocycles. The van der Waals surface area contributed by atoms with E-state index in [0.717, 1.165) is 66.6 Å². The summed E-state index contributed by atoms with van der Waals surface area (Å²) in [6, 6.07) is 11.9. The van der Waals surface area contributed by atoms with E-state index in [2.05, 4.69) is 15.9 Å². The van der Waals surface area contributed by atoms with Crippen molar-refractivity contribution in [3.05, 3.63) is 65.2 Å². The molecule has 0 atom stereocenters. The number of hydrogen-bond donors (Lipinski definition) is 0. The van der Waals surface area contributed by atoms with E-state index in [9.17, 15) is 18.0 Å². The maximum atomic E-state index is 13.4. The number of esters is 1. The second-order valence-electron chi connectivity index (χ2n) is 8.47. The molecule has 10 heteroatoms. The van der Waals surface area contributed by atoms with Crippen LogP contribution in [0.4, 0.5) is 13.2 Å². The minimum Gasteiger partial charge on any atom is -0.464 e. The first-order valence-corrected chi connectivity index (χ1v) is 12.5. The van der Waals surface area contributed by atoms with Gasteiger partial charge >= 0.3 is 12.1 Å². The topological polar surface area (TPSA) is 32.8 Å². The highest BCUT2D eigenvalue weighted by atomic mass is 35.5. The molecule has 198 valence electrons. The Morgan fingerprint density at radius 1 is 0.972 bits per heavy atom. The molecule has 0 aliphatic carbocycles. The lowest BCUT2D eigenvalue weighted by atomic mass is 9.94. The minimum absolute atomic E-state index is 0. The molecule has 4 rings (SSSR count). The third-order valence-electron chi connectivity index (χ3n) is 6.21. The van der Waals surface area contributed by atoms with Crippen molar-refractivity contribution >= 4 is 48.1 Å². The Hall–Kier alpha value is -1.71. The van der Waals surface area contributed by atoms with Crippen LogP contribution in [-0.2, 0) is 15.7 Å². The number of piperazine rings is 1. The molecular formula is C26H31Cl2F3N2O2S. The van der Waals surface area contributed by atoms with Gasteiger partial charge in [-0.2, -0.15) is 13.2 Å². The highest BCUT2D eigenvalue weighted by Crippen LogP contribution is 2.47. The zero-order valence-corrected chi connectivity index (χ0v) is 22.5. The quantitative estimate of drug-likeness (QED) is 0.311. The molecule has 0 amide bonds. The van der Waals surface area contributed by atoms with E-state index in [1.165, 1.54) is 23.9 Å². The van der Waals surface area contributed by atoms with Gasteiger partial charge in [-0.15, -0.1) is 24.8 Å². The number of hydrogen-bond acceptors (Lipinski definition) is 5. The van der Waals surface area contributed by atoms with Crippen LogP contribution in [0.15, 0.2) is 58.3 Å². The van der Waals surface area contributed by atoms with Gasteiger partial charge in [-0.05, 0) is 47.4 Å². The van der Waals surface area contributed by atoms with Gasteiger partial charge < -0.3 is 9.64 Å². The largest absolute Gasteiger partial charge is 0.464 e. The summed E-state index contributed by atoms with van der Waals surface area (Å²) in [5.74, 6) is -0.168. The number of fused-ring (bicyclic) bond motifs is 2. The summed E-state index contributed by atoms with van der Waals surface area (Å²) in [6.07, 6.45) is -1.11. The van der Waals surface area contributed by atoms with Gasteiger partial charge in [-0.3, -0.25) is 9.69 Å². The molecule has 36 heavy (non-hydrogen) atoms. The normalized spacial score (nSPS) is 16.9. The van der Waals surface area contributed by atoms with Gasteiger partial charge in [-0.1, -0.05) is 43.0 Å². The molecule has 2 aromatic carbocycles. The van der Waals surface area contributed by atoms with Crippen LogP contribution >= 0.6 is 36.6 Å². The molecule has 0 spiro atoms. The number of rotatable bonds is 7. The highest BCUT2D eigenvalue weighted by Gasteiger charge is 2.32. The lowest BCUT2D eigenvalue weighted by Gasteiger charge is -2.34. The van der Waals surface area contributed by atoms with E-state index in [-0.39, 0.29) is 30.8 Å². The van der Waals surface area contributed by atoms with Gasteiger partial charge in [0.1, 0.15) is 6.61 Å². The van der Waals surface area contributed by atoms with Crippen LogP contribution in [0.5, 0.6) is 0 Å². The van der Waals surface area contributed by atoms with Gasteiger partial charge in [-0.25, -0.2) is 0 Å². The van der Waals surface area contributed by atoms with Crippen molar-refractivity contribution < 1.29 is 22.7 Å². The van der Waals surface area contributed by atoms with Crippen LogP contribution < -0.4 is 0 Å². The van der Waals surface area contributed by atoms with Crippen molar-refractivity contribution in [2.45, 2.75) is 35.7 Å². The molecule has 0 N–H and O–H groups in total. The molecule has 0 unspecified atom stereocenters. The Balaban J connectivity index is 0.00000228. The standard InChI is InChI=1S/C26H29F3N2O2S.2ClH/c1-2-25(32)33-17-16-31-14-12-30(13-15-31)11-5-7-20-21-6-3-4-8-23(21)34-24-10-9-19(18-22(20)24)26(27,28)29;;/h3-4,6-10,18H,2,5,11-17H2,1H3;2*1H/b20-7-;;. The number of carbonyl (C=O) groups excluding carboxylic acids is 1. The summed E-state index contributed by atoms with van der Waals surface area (Å²) in [7, 11) is 0. The second-order valence-corrected chi connectivity index (χ2v) is 9.55. The van der Waals surface area contributed by atoms with Crippen LogP contribution in [0.3, 0.4) is 0 Å². The van der Waals surface area contributed by atoms with Crippen molar-refractivity contribution in [3.8, 4) is 0 Å². The molecule has 0 saturated carbocycles. The fraction of sp³-hybridized carbons (Fsp3) is 0.423. The number of ether oxygens (including phenoxy) is 1. The average Bonchev–Trinajstić information content (AvgIpc) is 2.83. The third kappa shape index (κ3) is 7.65. The smallest absolute Gasteiger partial charge is 0.416 e. The first-order chi connectivity index (χ1) is 16.3. The van der Waals surface area contributed by atoms with E-state index in [1.54, 1.807) is 13.0 Å². The Kier molecular flexibility index (Phi) is 11.6.